The van der Waals surface area contributed by atoms with Crippen LogP contribution in [0.4, 0.5) is 5.69 Å². The molecule has 0 atom stereocenters. The van der Waals surface area contributed by atoms with Gasteiger partial charge in [-0.15, -0.1) is 0 Å². The second kappa shape index (κ2) is 10.8. The fraction of sp³-hybridized carbons (Fsp3) is 0.250. The van der Waals surface area contributed by atoms with E-state index >= 15 is 0 Å². The van der Waals surface area contributed by atoms with Crippen molar-refractivity contribution < 1.29 is 19.1 Å². The number of anilines is 1. The van der Waals surface area contributed by atoms with E-state index in [1.165, 1.54) is 0 Å². The van der Waals surface area contributed by atoms with Gasteiger partial charge in [0.15, 0.2) is 6.61 Å². The lowest BCUT2D eigenvalue weighted by atomic mass is 10.1. The summed E-state index contributed by atoms with van der Waals surface area (Å²) >= 11 is 9.11. The van der Waals surface area contributed by atoms with Gasteiger partial charge in [-0.2, -0.15) is 0 Å². The average molecular weight is 483 g/mol. The van der Waals surface area contributed by atoms with Crippen molar-refractivity contribution in [2.45, 2.75) is 26.7 Å². The summed E-state index contributed by atoms with van der Waals surface area (Å²) in [5.41, 5.74) is 7.36. The van der Waals surface area contributed by atoms with E-state index in [0.29, 0.717) is 20.9 Å². The molecule has 0 spiro atoms. The Hall–Kier alpha value is -2.58. The quantitative estimate of drug-likeness (QED) is 0.525. The van der Waals surface area contributed by atoms with Crippen LogP contribution in [-0.2, 0) is 14.4 Å². The highest BCUT2D eigenvalue weighted by molar-refractivity contribution is 9.10. The van der Waals surface area contributed by atoms with Crippen molar-refractivity contribution >= 4 is 50.9 Å². The van der Waals surface area contributed by atoms with Crippen molar-refractivity contribution in [3.05, 3.63) is 57.0 Å². The zero-order valence-corrected chi connectivity index (χ0v) is 18.3. The lowest BCUT2D eigenvalue weighted by Crippen LogP contribution is -2.44. The number of amides is 3. The number of rotatable bonds is 7. The number of carbonyl (C=O) groups is 3. The molecule has 0 radical (unpaired) electrons. The van der Waals surface area contributed by atoms with Crippen LogP contribution in [-0.4, -0.2) is 24.3 Å². The predicted molar refractivity (Wildman–Crippen MR) is 115 cm³/mol. The van der Waals surface area contributed by atoms with E-state index in [0.717, 1.165) is 11.1 Å². The molecule has 0 saturated heterocycles. The summed E-state index contributed by atoms with van der Waals surface area (Å²) in [6, 6.07) is 10.5. The van der Waals surface area contributed by atoms with Gasteiger partial charge in [-0.3, -0.25) is 25.2 Å². The molecule has 3 N–H and O–H groups in total. The van der Waals surface area contributed by atoms with Crippen LogP contribution in [0.1, 0.15) is 24.0 Å². The number of ether oxygens (including phenoxy) is 1. The molecule has 7 nitrogen and oxygen atoms in total. The largest absolute Gasteiger partial charge is 0.483 e. The average Bonchev–Trinajstić information content (AvgIpc) is 2.67. The monoisotopic (exact) mass is 481 g/mol. The van der Waals surface area contributed by atoms with E-state index in [4.69, 9.17) is 16.3 Å². The SMILES string of the molecule is Cc1ccc(NC(=O)CCC(=O)NNC(=O)COc2ccc(Cl)cc2Br)cc1C. The van der Waals surface area contributed by atoms with Crippen molar-refractivity contribution in [3.8, 4) is 5.75 Å². The van der Waals surface area contributed by atoms with Crippen molar-refractivity contribution in [1.82, 2.24) is 10.9 Å². The fourth-order valence-corrected chi connectivity index (χ4v) is 3.04. The topological polar surface area (TPSA) is 96.5 Å². The summed E-state index contributed by atoms with van der Waals surface area (Å²) in [5, 5.41) is 3.27. The first-order valence-electron chi connectivity index (χ1n) is 8.77. The Labute approximate surface area is 182 Å². The summed E-state index contributed by atoms with van der Waals surface area (Å²) in [4.78, 5) is 35.5. The Morgan fingerprint density at radius 2 is 1.62 bits per heavy atom. The zero-order valence-electron chi connectivity index (χ0n) is 16.0. The minimum Gasteiger partial charge on any atom is -0.483 e. The molecule has 0 aliphatic carbocycles. The summed E-state index contributed by atoms with van der Waals surface area (Å²) in [6.45, 7) is 3.64. The normalized spacial score (nSPS) is 10.2. The van der Waals surface area contributed by atoms with Gasteiger partial charge in [0.05, 0.1) is 4.47 Å². The molecule has 0 heterocycles. The van der Waals surface area contributed by atoms with Gasteiger partial charge in [0.25, 0.3) is 5.91 Å². The number of nitrogens with one attached hydrogen (secondary N) is 3. The Morgan fingerprint density at radius 3 is 2.31 bits per heavy atom. The van der Waals surface area contributed by atoms with Gasteiger partial charge in [-0.1, -0.05) is 17.7 Å². The summed E-state index contributed by atoms with van der Waals surface area (Å²) in [6.07, 6.45) is -0.0800. The Kier molecular flexibility index (Phi) is 8.48. The molecule has 0 saturated carbocycles. The van der Waals surface area contributed by atoms with Gasteiger partial charge in [-0.25, -0.2) is 0 Å². The summed E-state index contributed by atoms with van der Waals surface area (Å²) in [5.74, 6) is -0.870. The summed E-state index contributed by atoms with van der Waals surface area (Å²) < 4.78 is 5.94. The van der Waals surface area contributed by atoms with Gasteiger partial charge in [0.1, 0.15) is 5.75 Å². The van der Waals surface area contributed by atoms with Crippen LogP contribution >= 0.6 is 27.5 Å². The maximum absolute atomic E-state index is 12.0. The van der Waals surface area contributed by atoms with Crippen molar-refractivity contribution in [3.63, 3.8) is 0 Å². The highest BCUT2D eigenvalue weighted by Crippen LogP contribution is 2.27. The van der Waals surface area contributed by atoms with Crippen LogP contribution in [0.2, 0.25) is 5.02 Å². The maximum Gasteiger partial charge on any atom is 0.276 e. The summed E-state index contributed by atoms with van der Waals surface area (Å²) in [7, 11) is 0. The standard InChI is InChI=1S/C20H21BrClN3O4/c1-12-3-5-15(9-13(12)2)23-18(26)7-8-19(27)24-25-20(28)11-29-17-6-4-14(22)10-16(17)21/h3-6,9-10H,7-8,11H2,1-2H3,(H,23,26)(H,24,27)(H,25,28). The number of hydrogen-bond donors (Lipinski definition) is 3. The Bertz CT molecular complexity index is 921. The van der Waals surface area contributed by atoms with Crippen LogP contribution in [0, 0.1) is 13.8 Å². The molecule has 0 aliphatic rings. The smallest absolute Gasteiger partial charge is 0.276 e. The molecule has 0 aliphatic heterocycles. The third-order valence-corrected chi connectivity index (χ3v) is 4.82. The lowest BCUT2D eigenvalue weighted by Gasteiger charge is -2.10. The molecule has 0 bridgehead atoms. The van der Waals surface area contributed by atoms with Crippen molar-refractivity contribution in [2.75, 3.05) is 11.9 Å². The number of aryl methyl sites for hydroxylation is 2. The number of benzene rings is 2. The van der Waals surface area contributed by atoms with Crippen LogP contribution in [0.3, 0.4) is 0 Å². The molecule has 0 aromatic heterocycles. The highest BCUT2D eigenvalue weighted by Gasteiger charge is 2.10. The van der Waals surface area contributed by atoms with E-state index in [2.05, 4.69) is 32.1 Å². The number of hydrazine groups is 1. The second-order valence-corrected chi connectivity index (χ2v) is 7.60. The first-order valence-corrected chi connectivity index (χ1v) is 9.94. The molecule has 0 unspecified atom stereocenters. The van der Waals surface area contributed by atoms with E-state index in [-0.39, 0.29) is 25.4 Å². The highest BCUT2D eigenvalue weighted by atomic mass is 79.9. The Morgan fingerprint density at radius 1 is 0.931 bits per heavy atom. The molecule has 3 amide bonds. The molecule has 2 aromatic rings. The minimum absolute atomic E-state index is 0.0111. The van der Waals surface area contributed by atoms with E-state index in [1.54, 1.807) is 24.3 Å². The second-order valence-electron chi connectivity index (χ2n) is 6.31. The molecule has 154 valence electrons. The van der Waals surface area contributed by atoms with Crippen LogP contribution in [0.15, 0.2) is 40.9 Å². The zero-order chi connectivity index (χ0) is 21.4. The molecular weight excluding hydrogens is 462 g/mol. The maximum atomic E-state index is 12.0. The van der Waals surface area contributed by atoms with Gasteiger partial charge in [0, 0.05) is 23.6 Å². The number of carbonyl (C=O) groups excluding carboxylic acids is 3. The predicted octanol–water partition coefficient (Wildman–Crippen LogP) is 3.66. The van der Waals surface area contributed by atoms with Crippen LogP contribution in [0.5, 0.6) is 5.75 Å². The van der Waals surface area contributed by atoms with Crippen LogP contribution < -0.4 is 20.9 Å². The number of halogens is 2. The van der Waals surface area contributed by atoms with Gasteiger partial charge in [0.2, 0.25) is 11.8 Å². The van der Waals surface area contributed by atoms with Gasteiger partial charge >= 0.3 is 0 Å². The van der Waals surface area contributed by atoms with E-state index in [9.17, 15) is 14.4 Å². The first kappa shape index (κ1) is 22.7. The molecule has 0 fully saturated rings. The molecule has 2 rings (SSSR count). The Balaban J connectivity index is 1.67. The third kappa shape index (κ3) is 7.75. The first-order chi connectivity index (χ1) is 13.7. The fourth-order valence-electron chi connectivity index (χ4n) is 2.24. The third-order valence-electron chi connectivity index (χ3n) is 3.96. The van der Waals surface area contributed by atoms with Crippen molar-refractivity contribution in [1.29, 1.82) is 0 Å². The van der Waals surface area contributed by atoms with Gasteiger partial charge in [-0.05, 0) is 71.2 Å². The van der Waals surface area contributed by atoms with E-state index < -0.39 is 11.8 Å². The molecule has 29 heavy (non-hydrogen) atoms. The minimum atomic E-state index is -0.542. The van der Waals surface area contributed by atoms with E-state index in [1.807, 2.05) is 26.0 Å². The van der Waals surface area contributed by atoms with Crippen LogP contribution in [0.25, 0.3) is 0 Å². The lowest BCUT2D eigenvalue weighted by molar-refractivity contribution is -0.130. The molecule has 2 aromatic carbocycles. The number of hydrogen-bond acceptors (Lipinski definition) is 4. The van der Waals surface area contributed by atoms with Gasteiger partial charge < -0.3 is 10.1 Å². The molecule has 9 heteroatoms. The molecular formula is C20H21BrClN3O4. The van der Waals surface area contributed by atoms with Crippen molar-refractivity contribution in [2.24, 2.45) is 0 Å².